The standard InChI is InChI=1S/C16H22N2S/c1-10(17)16(8-9-16)11-6-5-7-12-13(11)18-14(19-12)15(2,3)4/h5-7,10H,8-9,17H2,1-4H3. The Hall–Kier alpha value is -0.930. The summed E-state index contributed by atoms with van der Waals surface area (Å²) in [5.74, 6) is 0. The van der Waals surface area contributed by atoms with E-state index in [0.29, 0.717) is 0 Å². The second-order valence-electron chi connectivity index (χ2n) is 6.87. The Kier molecular flexibility index (Phi) is 2.77. The van der Waals surface area contributed by atoms with E-state index in [9.17, 15) is 0 Å². The molecule has 2 aromatic rings. The zero-order chi connectivity index (χ0) is 13.8. The minimum absolute atomic E-state index is 0.117. The van der Waals surface area contributed by atoms with Crippen molar-refractivity contribution in [1.82, 2.24) is 4.98 Å². The van der Waals surface area contributed by atoms with E-state index in [0.717, 1.165) is 0 Å². The first kappa shape index (κ1) is 13.1. The van der Waals surface area contributed by atoms with Crippen LogP contribution in [0.15, 0.2) is 18.2 Å². The van der Waals surface area contributed by atoms with Crippen LogP contribution in [0.3, 0.4) is 0 Å². The summed E-state index contributed by atoms with van der Waals surface area (Å²) < 4.78 is 1.30. The van der Waals surface area contributed by atoms with E-state index in [1.807, 2.05) is 11.3 Å². The van der Waals surface area contributed by atoms with Crippen LogP contribution in [0.2, 0.25) is 0 Å². The van der Waals surface area contributed by atoms with Crippen LogP contribution >= 0.6 is 11.3 Å². The highest BCUT2D eigenvalue weighted by molar-refractivity contribution is 7.18. The molecule has 0 radical (unpaired) electrons. The van der Waals surface area contributed by atoms with E-state index in [1.54, 1.807) is 0 Å². The number of hydrogen-bond donors (Lipinski definition) is 1. The van der Waals surface area contributed by atoms with Crippen LogP contribution in [0.4, 0.5) is 0 Å². The minimum Gasteiger partial charge on any atom is -0.327 e. The molecule has 0 spiro atoms. The molecule has 0 aliphatic heterocycles. The molecule has 0 bridgehead atoms. The molecule has 0 saturated heterocycles. The lowest BCUT2D eigenvalue weighted by molar-refractivity contribution is 0.558. The zero-order valence-corrected chi connectivity index (χ0v) is 13.0. The lowest BCUT2D eigenvalue weighted by Gasteiger charge is -2.20. The average molecular weight is 274 g/mol. The predicted molar refractivity (Wildman–Crippen MR) is 82.9 cm³/mol. The molecular formula is C16H22N2S. The molecular weight excluding hydrogens is 252 g/mol. The van der Waals surface area contributed by atoms with Crippen molar-refractivity contribution in [3.05, 3.63) is 28.8 Å². The highest BCUT2D eigenvalue weighted by atomic mass is 32.1. The minimum atomic E-state index is 0.117. The Labute approximate surface area is 119 Å². The van der Waals surface area contributed by atoms with E-state index in [1.165, 1.54) is 33.6 Å². The number of aromatic nitrogens is 1. The molecule has 1 atom stereocenters. The van der Waals surface area contributed by atoms with Crippen LogP contribution in [-0.4, -0.2) is 11.0 Å². The Morgan fingerprint density at radius 3 is 2.53 bits per heavy atom. The van der Waals surface area contributed by atoms with Gasteiger partial charge in [0.1, 0.15) is 0 Å². The number of para-hydroxylation sites is 1. The van der Waals surface area contributed by atoms with Gasteiger partial charge >= 0.3 is 0 Å². The molecule has 1 aromatic heterocycles. The van der Waals surface area contributed by atoms with Gasteiger partial charge in [-0.2, -0.15) is 0 Å². The molecule has 1 aliphatic carbocycles. The van der Waals surface area contributed by atoms with Crippen molar-refractivity contribution in [2.45, 2.75) is 57.4 Å². The lowest BCUT2D eigenvalue weighted by Crippen LogP contribution is -2.31. The Morgan fingerprint density at radius 1 is 1.32 bits per heavy atom. The molecule has 0 amide bonds. The molecule has 1 aromatic carbocycles. The number of nitrogens with two attached hydrogens (primary N) is 1. The van der Waals surface area contributed by atoms with Crippen LogP contribution in [0.5, 0.6) is 0 Å². The van der Waals surface area contributed by atoms with Gasteiger partial charge in [0.2, 0.25) is 0 Å². The summed E-state index contributed by atoms with van der Waals surface area (Å²) in [5, 5.41) is 1.22. The van der Waals surface area contributed by atoms with Gasteiger partial charge in [-0.1, -0.05) is 32.9 Å². The molecule has 1 fully saturated rings. The summed E-state index contributed by atoms with van der Waals surface area (Å²) in [6, 6.07) is 6.77. The van der Waals surface area contributed by atoms with Crippen LogP contribution in [0, 0.1) is 0 Å². The predicted octanol–water partition coefficient (Wildman–Crippen LogP) is 3.97. The molecule has 3 rings (SSSR count). The molecule has 1 heterocycles. The Balaban J connectivity index is 2.19. The van der Waals surface area contributed by atoms with Crippen molar-refractivity contribution in [1.29, 1.82) is 0 Å². The summed E-state index contributed by atoms with van der Waals surface area (Å²) in [7, 11) is 0. The zero-order valence-electron chi connectivity index (χ0n) is 12.2. The maximum Gasteiger partial charge on any atom is 0.0992 e. The van der Waals surface area contributed by atoms with Gasteiger partial charge in [-0.3, -0.25) is 0 Å². The molecule has 1 unspecified atom stereocenters. The van der Waals surface area contributed by atoms with Gasteiger partial charge in [-0.15, -0.1) is 11.3 Å². The summed E-state index contributed by atoms with van der Waals surface area (Å²) in [6.07, 6.45) is 2.40. The molecule has 2 N–H and O–H groups in total. The van der Waals surface area contributed by atoms with Crippen molar-refractivity contribution >= 4 is 21.6 Å². The number of hydrogen-bond acceptors (Lipinski definition) is 3. The maximum atomic E-state index is 6.22. The van der Waals surface area contributed by atoms with Crippen LogP contribution < -0.4 is 5.73 Å². The summed E-state index contributed by atoms with van der Waals surface area (Å²) >= 11 is 1.82. The summed E-state index contributed by atoms with van der Waals surface area (Å²) in [5.41, 5.74) is 9.08. The molecule has 1 aliphatic rings. The second-order valence-corrected chi connectivity index (χ2v) is 7.90. The average Bonchev–Trinajstić information content (AvgIpc) is 2.99. The van der Waals surface area contributed by atoms with E-state index < -0.39 is 0 Å². The first-order valence-corrected chi connectivity index (χ1v) is 7.82. The van der Waals surface area contributed by atoms with E-state index >= 15 is 0 Å². The smallest absolute Gasteiger partial charge is 0.0992 e. The van der Waals surface area contributed by atoms with Crippen LogP contribution in [0.25, 0.3) is 10.2 Å². The third-order valence-electron chi connectivity index (χ3n) is 4.26. The number of nitrogens with zero attached hydrogens (tertiary/aromatic N) is 1. The van der Waals surface area contributed by atoms with Gasteiger partial charge in [0.25, 0.3) is 0 Å². The highest BCUT2D eigenvalue weighted by Gasteiger charge is 2.48. The quantitative estimate of drug-likeness (QED) is 0.900. The highest BCUT2D eigenvalue weighted by Crippen LogP contribution is 2.52. The van der Waals surface area contributed by atoms with Crippen molar-refractivity contribution in [2.24, 2.45) is 5.73 Å². The van der Waals surface area contributed by atoms with Crippen molar-refractivity contribution in [3.8, 4) is 0 Å². The molecule has 102 valence electrons. The van der Waals surface area contributed by atoms with Gasteiger partial charge in [-0.25, -0.2) is 4.98 Å². The first-order chi connectivity index (χ1) is 8.84. The number of rotatable bonds is 2. The largest absolute Gasteiger partial charge is 0.327 e. The lowest BCUT2D eigenvalue weighted by atomic mass is 9.88. The maximum absolute atomic E-state index is 6.22. The van der Waals surface area contributed by atoms with Gasteiger partial charge in [-0.05, 0) is 31.4 Å². The SMILES string of the molecule is CC(N)C1(c2cccc3sc(C(C)(C)C)nc23)CC1. The third kappa shape index (κ3) is 2.00. The topological polar surface area (TPSA) is 38.9 Å². The van der Waals surface area contributed by atoms with Gasteiger partial charge in [0, 0.05) is 16.9 Å². The van der Waals surface area contributed by atoms with Crippen molar-refractivity contribution < 1.29 is 0 Å². The molecule has 19 heavy (non-hydrogen) atoms. The van der Waals surface area contributed by atoms with Crippen molar-refractivity contribution in [2.75, 3.05) is 0 Å². The van der Waals surface area contributed by atoms with Gasteiger partial charge in [0.15, 0.2) is 0 Å². The number of fused-ring (bicyclic) bond motifs is 1. The molecule has 3 heteroatoms. The van der Waals surface area contributed by atoms with E-state index in [-0.39, 0.29) is 16.9 Å². The number of benzene rings is 1. The Bertz CT molecular complexity index is 615. The molecule has 2 nitrogen and oxygen atoms in total. The fourth-order valence-electron chi connectivity index (χ4n) is 2.78. The van der Waals surface area contributed by atoms with E-state index in [2.05, 4.69) is 45.9 Å². The normalized spacial score (nSPS) is 19.6. The third-order valence-corrected chi connectivity index (χ3v) is 5.70. The van der Waals surface area contributed by atoms with E-state index in [4.69, 9.17) is 10.7 Å². The fraction of sp³-hybridized carbons (Fsp3) is 0.562. The monoisotopic (exact) mass is 274 g/mol. The van der Waals surface area contributed by atoms with Crippen LogP contribution in [-0.2, 0) is 10.8 Å². The first-order valence-electron chi connectivity index (χ1n) is 7.01. The second kappa shape index (κ2) is 4.03. The van der Waals surface area contributed by atoms with Crippen LogP contribution in [0.1, 0.15) is 51.1 Å². The fourth-order valence-corrected chi connectivity index (χ4v) is 3.83. The van der Waals surface area contributed by atoms with Crippen molar-refractivity contribution in [3.63, 3.8) is 0 Å². The molecule has 1 saturated carbocycles. The van der Waals surface area contributed by atoms with Gasteiger partial charge < -0.3 is 5.73 Å². The number of thiazole rings is 1. The Morgan fingerprint density at radius 2 is 2.00 bits per heavy atom. The van der Waals surface area contributed by atoms with Gasteiger partial charge in [0.05, 0.1) is 15.2 Å². The summed E-state index contributed by atoms with van der Waals surface area (Å²) in [4.78, 5) is 4.94. The summed E-state index contributed by atoms with van der Waals surface area (Å²) in [6.45, 7) is 8.80.